The maximum atomic E-state index is 10.6. The molecule has 0 saturated carbocycles. The molecule has 1 N–H and O–H groups in total. The van der Waals surface area contributed by atoms with Gasteiger partial charge in [-0.3, -0.25) is 0 Å². The van der Waals surface area contributed by atoms with Crippen LogP contribution in [0.15, 0.2) is 35.7 Å². The number of methoxy groups -OCH3 is 1. The first-order valence-electron chi connectivity index (χ1n) is 6.68. The van der Waals surface area contributed by atoms with Crippen molar-refractivity contribution in [3.05, 3.63) is 51.7 Å². The lowest BCUT2D eigenvalue weighted by Gasteiger charge is -2.27. The first-order chi connectivity index (χ1) is 9.29. The summed E-state index contributed by atoms with van der Waals surface area (Å²) in [5.74, 6) is 1.07. The summed E-state index contributed by atoms with van der Waals surface area (Å²) in [4.78, 5) is 1.45. The molecule has 100 valence electrons. The van der Waals surface area contributed by atoms with Crippen LogP contribution < -0.4 is 4.74 Å². The van der Waals surface area contributed by atoms with Crippen molar-refractivity contribution in [1.82, 2.24) is 0 Å². The van der Waals surface area contributed by atoms with E-state index in [-0.39, 0.29) is 5.92 Å². The molecule has 0 spiro atoms. The van der Waals surface area contributed by atoms with Gasteiger partial charge in [-0.25, -0.2) is 0 Å². The molecule has 3 rings (SSSR count). The van der Waals surface area contributed by atoms with Gasteiger partial charge in [0, 0.05) is 10.8 Å². The maximum Gasteiger partial charge on any atom is 0.118 e. The van der Waals surface area contributed by atoms with Gasteiger partial charge >= 0.3 is 0 Å². The standard InChI is InChI=1S/C16H18O2S/c1-18-12-7-5-11(6-8-12)16(17)14-3-2-4-15-13(14)9-10-19-15/h5-10,14,16-17H,2-4H2,1H3. The number of fused-ring (bicyclic) bond motifs is 1. The van der Waals surface area contributed by atoms with E-state index >= 15 is 0 Å². The quantitative estimate of drug-likeness (QED) is 0.919. The van der Waals surface area contributed by atoms with Crippen molar-refractivity contribution in [2.75, 3.05) is 7.11 Å². The van der Waals surface area contributed by atoms with Gasteiger partial charge in [-0.2, -0.15) is 0 Å². The smallest absolute Gasteiger partial charge is 0.118 e. The van der Waals surface area contributed by atoms with E-state index < -0.39 is 6.10 Å². The Bertz CT molecular complexity index is 544. The molecule has 1 aromatic heterocycles. The van der Waals surface area contributed by atoms with E-state index in [0.717, 1.165) is 17.7 Å². The highest BCUT2D eigenvalue weighted by Crippen LogP contribution is 2.42. The van der Waals surface area contributed by atoms with Crippen LogP contribution in [-0.2, 0) is 6.42 Å². The van der Waals surface area contributed by atoms with Crippen LogP contribution in [0.4, 0.5) is 0 Å². The topological polar surface area (TPSA) is 29.5 Å². The van der Waals surface area contributed by atoms with Crippen molar-refractivity contribution in [1.29, 1.82) is 0 Å². The third-order valence-corrected chi connectivity index (χ3v) is 4.93. The third kappa shape index (κ3) is 2.40. The highest BCUT2D eigenvalue weighted by atomic mass is 32.1. The molecule has 0 fully saturated rings. The number of ether oxygens (including phenoxy) is 1. The van der Waals surface area contributed by atoms with E-state index in [1.165, 1.54) is 23.3 Å². The fourth-order valence-corrected chi connectivity index (χ4v) is 3.88. The number of benzene rings is 1. The molecule has 1 aliphatic carbocycles. The van der Waals surface area contributed by atoms with E-state index in [2.05, 4.69) is 11.4 Å². The van der Waals surface area contributed by atoms with Crippen molar-refractivity contribution in [2.45, 2.75) is 31.3 Å². The Morgan fingerprint density at radius 1 is 1.26 bits per heavy atom. The molecular formula is C16H18O2S. The van der Waals surface area contributed by atoms with E-state index in [0.29, 0.717) is 0 Å². The second kappa shape index (κ2) is 5.35. The van der Waals surface area contributed by atoms with Crippen LogP contribution in [0.25, 0.3) is 0 Å². The van der Waals surface area contributed by atoms with Crippen molar-refractivity contribution >= 4 is 11.3 Å². The Morgan fingerprint density at radius 2 is 2.05 bits per heavy atom. The molecule has 1 heterocycles. The molecule has 0 bridgehead atoms. The summed E-state index contributed by atoms with van der Waals surface area (Å²) in [6, 6.07) is 9.93. The summed E-state index contributed by atoms with van der Waals surface area (Å²) in [5.41, 5.74) is 2.32. The van der Waals surface area contributed by atoms with E-state index in [9.17, 15) is 5.11 Å². The molecule has 19 heavy (non-hydrogen) atoms. The molecule has 1 aromatic carbocycles. The van der Waals surface area contributed by atoms with Gasteiger partial charge in [0.25, 0.3) is 0 Å². The van der Waals surface area contributed by atoms with E-state index in [1.54, 1.807) is 7.11 Å². The monoisotopic (exact) mass is 274 g/mol. The summed E-state index contributed by atoms with van der Waals surface area (Å²) in [6.07, 6.45) is 2.99. The largest absolute Gasteiger partial charge is 0.497 e. The van der Waals surface area contributed by atoms with Gasteiger partial charge < -0.3 is 9.84 Å². The Hall–Kier alpha value is -1.32. The fourth-order valence-electron chi connectivity index (χ4n) is 2.88. The molecule has 0 aliphatic heterocycles. The predicted octanol–water partition coefficient (Wildman–Crippen LogP) is 3.91. The van der Waals surface area contributed by atoms with E-state index in [4.69, 9.17) is 4.74 Å². The minimum atomic E-state index is -0.417. The van der Waals surface area contributed by atoms with Gasteiger partial charge in [0.1, 0.15) is 5.75 Å². The second-order valence-electron chi connectivity index (χ2n) is 5.02. The van der Waals surface area contributed by atoms with Gasteiger partial charge in [0.2, 0.25) is 0 Å². The lowest BCUT2D eigenvalue weighted by Crippen LogP contribution is -2.15. The molecule has 2 atom stereocenters. The van der Waals surface area contributed by atoms with Gasteiger partial charge in [-0.15, -0.1) is 11.3 Å². The molecule has 2 nitrogen and oxygen atoms in total. The van der Waals surface area contributed by atoms with Gasteiger partial charge in [0.15, 0.2) is 0 Å². The zero-order valence-electron chi connectivity index (χ0n) is 11.0. The van der Waals surface area contributed by atoms with Crippen LogP contribution in [0.1, 0.15) is 40.9 Å². The predicted molar refractivity (Wildman–Crippen MR) is 78.0 cm³/mol. The number of aryl methyl sites for hydroxylation is 1. The first-order valence-corrected chi connectivity index (χ1v) is 7.56. The summed E-state index contributed by atoms with van der Waals surface area (Å²) in [6.45, 7) is 0. The molecule has 1 aliphatic rings. The maximum absolute atomic E-state index is 10.6. The van der Waals surface area contributed by atoms with Crippen LogP contribution in [0.2, 0.25) is 0 Å². The number of thiophene rings is 1. The number of aliphatic hydroxyl groups is 1. The van der Waals surface area contributed by atoms with E-state index in [1.807, 2.05) is 35.6 Å². The molecule has 2 unspecified atom stereocenters. The van der Waals surface area contributed by atoms with Crippen LogP contribution in [-0.4, -0.2) is 12.2 Å². The number of aliphatic hydroxyl groups excluding tert-OH is 1. The van der Waals surface area contributed by atoms with Crippen LogP contribution in [0.3, 0.4) is 0 Å². The molecular weight excluding hydrogens is 256 g/mol. The summed E-state index contributed by atoms with van der Waals surface area (Å²) in [7, 11) is 1.66. The third-order valence-electron chi connectivity index (χ3n) is 3.94. The first kappa shape index (κ1) is 12.7. The Morgan fingerprint density at radius 3 is 2.79 bits per heavy atom. The van der Waals surface area contributed by atoms with Crippen LogP contribution in [0, 0.1) is 0 Å². The number of rotatable bonds is 3. The highest BCUT2D eigenvalue weighted by Gasteiger charge is 2.28. The minimum Gasteiger partial charge on any atom is -0.497 e. The minimum absolute atomic E-state index is 0.239. The SMILES string of the molecule is COc1ccc(C(O)C2CCCc3sccc32)cc1. The van der Waals surface area contributed by atoms with Gasteiger partial charge in [0.05, 0.1) is 13.2 Å². The van der Waals surface area contributed by atoms with Gasteiger partial charge in [-0.05, 0) is 54.0 Å². The fraction of sp³-hybridized carbons (Fsp3) is 0.375. The van der Waals surface area contributed by atoms with Crippen molar-refractivity contribution in [2.24, 2.45) is 0 Å². The van der Waals surface area contributed by atoms with Crippen molar-refractivity contribution in [3.8, 4) is 5.75 Å². The molecule has 0 amide bonds. The molecule has 0 saturated heterocycles. The lowest BCUT2D eigenvalue weighted by atomic mass is 9.81. The van der Waals surface area contributed by atoms with Crippen molar-refractivity contribution in [3.63, 3.8) is 0 Å². The lowest BCUT2D eigenvalue weighted by molar-refractivity contribution is 0.136. The van der Waals surface area contributed by atoms with Gasteiger partial charge in [-0.1, -0.05) is 12.1 Å². The molecule has 2 aromatic rings. The normalized spacial score (nSPS) is 19.8. The average Bonchev–Trinajstić information content (AvgIpc) is 2.95. The Balaban J connectivity index is 1.86. The summed E-state index contributed by atoms with van der Waals surface area (Å²) in [5, 5.41) is 12.8. The van der Waals surface area contributed by atoms with Crippen LogP contribution >= 0.6 is 11.3 Å². The number of hydrogen-bond donors (Lipinski definition) is 1. The molecule has 3 heteroatoms. The summed E-state index contributed by atoms with van der Waals surface area (Å²) < 4.78 is 5.16. The zero-order valence-corrected chi connectivity index (χ0v) is 11.8. The second-order valence-corrected chi connectivity index (χ2v) is 6.02. The Labute approximate surface area is 117 Å². The van der Waals surface area contributed by atoms with Crippen molar-refractivity contribution < 1.29 is 9.84 Å². The Kier molecular flexibility index (Phi) is 3.58. The summed E-state index contributed by atoms with van der Waals surface area (Å²) >= 11 is 1.82. The van der Waals surface area contributed by atoms with Crippen LogP contribution in [0.5, 0.6) is 5.75 Å². The molecule has 0 radical (unpaired) electrons. The number of hydrogen-bond acceptors (Lipinski definition) is 3. The average molecular weight is 274 g/mol. The zero-order chi connectivity index (χ0) is 13.2. The highest BCUT2D eigenvalue weighted by molar-refractivity contribution is 7.10.